The number of hydrogen-bond donors (Lipinski definition) is 5. The Morgan fingerprint density at radius 1 is 1.24 bits per heavy atom. The van der Waals surface area contributed by atoms with Crippen LogP contribution in [0.25, 0.3) is 0 Å². The molecular weight excluding hydrogens is 304 g/mol. The molecule has 1 aromatic rings. The number of aromatic hydroxyl groups is 1. The lowest BCUT2D eigenvalue weighted by Crippen LogP contribution is -2.61. The van der Waals surface area contributed by atoms with Gasteiger partial charge in [-0.3, -0.25) is 0 Å². The Morgan fingerprint density at radius 2 is 1.81 bits per heavy atom. The highest BCUT2D eigenvalue weighted by Crippen LogP contribution is 2.39. The Hall–Kier alpha value is -1.38. The molecule has 0 aromatic heterocycles. The molecule has 5 N–H and O–H groups in total. The van der Waals surface area contributed by atoms with Crippen molar-refractivity contribution in [3.63, 3.8) is 0 Å². The highest BCUT2D eigenvalue weighted by atomic mass is 35.5. The minimum absolute atomic E-state index is 0.0279. The second-order valence-corrected chi connectivity index (χ2v) is 5.78. The van der Waals surface area contributed by atoms with Crippen LogP contribution < -0.4 is 4.74 Å². The number of benzene rings is 1. The molecule has 1 saturated carbocycles. The Kier molecular flexibility index (Phi) is 4.14. The number of hydrogen-bond acceptors (Lipinski definition) is 7. The molecule has 21 heavy (non-hydrogen) atoms. The standard InChI is InChI=1S/C13H15ClO7/c14-13(20)6-12(19,5-9(16)10(13)17)11(18)21-8-3-1-7(15)2-4-8/h1-4,9-10,15-17,19-20H,5-6H2/t9-,10?,12?,13+/m1/s1. The number of halogens is 1. The van der Waals surface area contributed by atoms with Crippen LogP contribution in [-0.4, -0.2) is 54.4 Å². The number of aliphatic hydroxyl groups excluding tert-OH is 2. The van der Waals surface area contributed by atoms with Crippen molar-refractivity contribution in [1.82, 2.24) is 0 Å². The molecule has 1 aromatic carbocycles. The summed E-state index contributed by atoms with van der Waals surface area (Å²) in [5.74, 6) is -1.09. The summed E-state index contributed by atoms with van der Waals surface area (Å²) in [6, 6.07) is 5.17. The highest BCUT2D eigenvalue weighted by molar-refractivity contribution is 6.23. The van der Waals surface area contributed by atoms with E-state index in [1.807, 2.05) is 0 Å². The predicted molar refractivity (Wildman–Crippen MR) is 70.7 cm³/mol. The van der Waals surface area contributed by atoms with E-state index in [1.54, 1.807) is 0 Å². The van der Waals surface area contributed by atoms with E-state index in [-0.39, 0.29) is 11.5 Å². The second kappa shape index (κ2) is 5.43. The summed E-state index contributed by atoms with van der Waals surface area (Å²) in [6.45, 7) is 0. The first-order chi connectivity index (χ1) is 9.64. The van der Waals surface area contributed by atoms with Crippen molar-refractivity contribution in [2.75, 3.05) is 0 Å². The van der Waals surface area contributed by atoms with E-state index in [0.717, 1.165) is 0 Å². The van der Waals surface area contributed by atoms with Gasteiger partial charge >= 0.3 is 5.97 Å². The third kappa shape index (κ3) is 3.28. The van der Waals surface area contributed by atoms with Gasteiger partial charge in [-0.25, -0.2) is 4.79 Å². The number of rotatable bonds is 2. The average molecular weight is 319 g/mol. The van der Waals surface area contributed by atoms with Gasteiger partial charge in [-0.15, -0.1) is 0 Å². The maximum Gasteiger partial charge on any atom is 0.343 e. The number of esters is 1. The lowest BCUT2D eigenvalue weighted by Gasteiger charge is -2.42. The van der Waals surface area contributed by atoms with Gasteiger partial charge in [0.05, 0.1) is 6.10 Å². The molecule has 0 spiro atoms. The Bertz CT molecular complexity index is 530. The predicted octanol–water partition coefficient (Wildman–Crippen LogP) is -0.528. The maximum absolute atomic E-state index is 12.0. The summed E-state index contributed by atoms with van der Waals surface area (Å²) in [7, 11) is 0. The molecule has 2 rings (SSSR count). The Morgan fingerprint density at radius 3 is 2.33 bits per heavy atom. The topological polar surface area (TPSA) is 127 Å². The van der Waals surface area contributed by atoms with Crippen LogP contribution in [0.15, 0.2) is 24.3 Å². The zero-order chi connectivity index (χ0) is 15.8. The molecule has 116 valence electrons. The minimum atomic E-state index is -2.35. The summed E-state index contributed by atoms with van der Waals surface area (Å²) >= 11 is 5.61. The first-order valence-electron chi connectivity index (χ1n) is 6.15. The van der Waals surface area contributed by atoms with Crippen LogP contribution in [0.5, 0.6) is 11.5 Å². The van der Waals surface area contributed by atoms with Crippen LogP contribution in [0.3, 0.4) is 0 Å². The molecule has 8 heteroatoms. The normalized spacial score (nSPS) is 36.2. The van der Waals surface area contributed by atoms with Gasteiger partial charge in [0.2, 0.25) is 0 Å². The van der Waals surface area contributed by atoms with Gasteiger partial charge < -0.3 is 30.3 Å². The quantitative estimate of drug-likeness (QED) is 0.282. The molecule has 0 saturated heterocycles. The molecular formula is C13H15ClO7. The molecule has 1 aliphatic rings. The van der Waals surface area contributed by atoms with Gasteiger partial charge in [-0.05, 0) is 24.3 Å². The fraction of sp³-hybridized carbons (Fsp3) is 0.462. The first-order valence-corrected chi connectivity index (χ1v) is 6.53. The van der Waals surface area contributed by atoms with Crippen molar-refractivity contribution < 1.29 is 35.1 Å². The summed E-state index contributed by atoms with van der Waals surface area (Å²) in [6.07, 6.45) is -4.50. The fourth-order valence-electron chi connectivity index (χ4n) is 2.21. The third-order valence-electron chi connectivity index (χ3n) is 3.33. The Balaban J connectivity index is 2.15. The van der Waals surface area contributed by atoms with Crippen LogP contribution in [0.2, 0.25) is 0 Å². The molecule has 4 atom stereocenters. The lowest BCUT2D eigenvalue weighted by molar-refractivity contribution is -0.192. The SMILES string of the molecule is O=C(Oc1ccc(O)cc1)C1(O)C[C@@H](O)C(O)[C@](O)(Cl)C1. The maximum atomic E-state index is 12.0. The van der Waals surface area contributed by atoms with E-state index in [0.29, 0.717) is 0 Å². The van der Waals surface area contributed by atoms with Gasteiger partial charge in [-0.2, -0.15) is 0 Å². The van der Waals surface area contributed by atoms with Gasteiger partial charge in [0.15, 0.2) is 10.7 Å². The molecule has 0 amide bonds. The molecule has 0 bridgehead atoms. The van der Waals surface area contributed by atoms with Gasteiger partial charge in [0, 0.05) is 12.8 Å². The lowest BCUT2D eigenvalue weighted by atomic mass is 9.79. The molecule has 7 nitrogen and oxygen atoms in total. The average Bonchev–Trinajstić information content (AvgIpc) is 2.38. The van der Waals surface area contributed by atoms with Crippen molar-refractivity contribution >= 4 is 17.6 Å². The number of carbonyl (C=O) groups excluding carboxylic acids is 1. The molecule has 1 aliphatic carbocycles. The van der Waals surface area contributed by atoms with Crippen LogP contribution in [0, 0.1) is 0 Å². The number of aliphatic hydroxyl groups is 4. The number of ether oxygens (including phenoxy) is 1. The van der Waals surface area contributed by atoms with E-state index < -0.39 is 41.7 Å². The van der Waals surface area contributed by atoms with Gasteiger partial charge in [0.25, 0.3) is 0 Å². The fourth-order valence-corrected chi connectivity index (χ4v) is 2.58. The van der Waals surface area contributed by atoms with Crippen molar-refractivity contribution in [2.45, 2.75) is 35.7 Å². The largest absolute Gasteiger partial charge is 0.508 e. The van der Waals surface area contributed by atoms with E-state index in [9.17, 15) is 25.2 Å². The molecule has 1 fully saturated rings. The number of carbonyl (C=O) groups is 1. The molecule has 0 aliphatic heterocycles. The molecule has 0 radical (unpaired) electrons. The summed E-state index contributed by atoms with van der Waals surface area (Å²) in [5.41, 5.74) is -2.24. The molecule has 2 unspecified atom stereocenters. The Labute approximate surface area is 125 Å². The molecule has 0 heterocycles. The van der Waals surface area contributed by atoms with Crippen molar-refractivity contribution in [3.05, 3.63) is 24.3 Å². The van der Waals surface area contributed by atoms with Crippen molar-refractivity contribution in [1.29, 1.82) is 0 Å². The zero-order valence-corrected chi connectivity index (χ0v) is 11.6. The van der Waals surface area contributed by atoms with Crippen LogP contribution in [0.4, 0.5) is 0 Å². The number of phenols is 1. The summed E-state index contributed by atoms with van der Waals surface area (Å²) in [4.78, 5) is 12.0. The van der Waals surface area contributed by atoms with Crippen molar-refractivity contribution in [2.24, 2.45) is 0 Å². The van der Waals surface area contributed by atoms with E-state index in [1.165, 1.54) is 24.3 Å². The monoisotopic (exact) mass is 318 g/mol. The van der Waals surface area contributed by atoms with E-state index >= 15 is 0 Å². The third-order valence-corrected chi connectivity index (χ3v) is 3.69. The summed E-state index contributed by atoms with van der Waals surface area (Å²) in [5, 5.41) is 45.9. The van der Waals surface area contributed by atoms with E-state index in [4.69, 9.17) is 21.4 Å². The van der Waals surface area contributed by atoms with Crippen LogP contribution in [0.1, 0.15) is 12.8 Å². The number of phenolic OH excluding ortho intramolecular Hbond substituents is 1. The smallest absolute Gasteiger partial charge is 0.343 e. The van der Waals surface area contributed by atoms with Crippen molar-refractivity contribution in [3.8, 4) is 11.5 Å². The van der Waals surface area contributed by atoms with Gasteiger partial charge in [0.1, 0.15) is 17.6 Å². The summed E-state index contributed by atoms with van der Waals surface area (Å²) < 4.78 is 4.93. The number of alkyl halides is 1. The van der Waals surface area contributed by atoms with Crippen LogP contribution >= 0.6 is 11.6 Å². The van der Waals surface area contributed by atoms with Crippen LogP contribution in [-0.2, 0) is 4.79 Å². The second-order valence-electron chi connectivity index (χ2n) is 5.13. The zero-order valence-electron chi connectivity index (χ0n) is 10.8. The first kappa shape index (κ1) is 16.0. The minimum Gasteiger partial charge on any atom is -0.508 e. The highest BCUT2D eigenvalue weighted by Gasteiger charge is 2.56. The van der Waals surface area contributed by atoms with Gasteiger partial charge in [-0.1, -0.05) is 11.6 Å². The van der Waals surface area contributed by atoms with E-state index in [2.05, 4.69) is 0 Å².